The Balaban J connectivity index is 1.60. The molecular weight excluding hydrogens is 293 g/mol. The Morgan fingerprint density at radius 1 is 1.09 bits per heavy atom. The molecule has 0 aliphatic heterocycles. The Morgan fingerprint density at radius 3 is 2.74 bits per heavy atom. The van der Waals surface area contributed by atoms with Gasteiger partial charge in [0.05, 0.1) is 24.1 Å². The number of nitrogens with one attached hydrogen (secondary N) is 3. The molecule has 0 aliphatic rings. The number of pyridine rings is 1. The van der Waals surface area contributed by atoms with Gasteiger partial charge in [-0.05, 0) is 48.0 Å². The van der Waals surface area contributed by atoms with Crippen LogP contribution in [-0.4, -0.2) is 20.2 Å². The van der Waals surface area contributed by atoms with Gasteiger partial charge in [0.1, 0.15) is 11.5 Å². The van der Waals surface area contributed by atoms with Gasteiger partial charge >= 0.3 is 0 Å². The molecule has 4 aromatic rings. The predicted octanol–water partition coefficient (Wildman–Crippen LogP) is 3.70. The molecule has 5 nitrogen and oxygen atoms in total. The van der Waals surface area contributed by atoms with E-state index in [1.54, 1.807) is 24.5 Å². The third kappa shape index (κ3) is 2.78. The molecule has 23 heavy (non-hydrogen) atoms. The van der Waals surface area contributed by atoms with Crippen LogP contribution < -0.4 is 5.32 Å². The van der Waals surface area contributed by atoms with E-state index >= 15 is 0 Å². The molecule has 0 bridgehead atoms. The highest BCUT2D eigenvalue weighted by Crippen LogP contribution is 2.25. The van der Waals surface area contributed by atoms with Crippen LogP contribution in [0, 0.1) is 5.82 Å². The zero-order chi connectivity index (χ0) is 15.6. The largest absolute Gasteiger partial charge is 0.378 e. The minimum Gasteiger partial charge on any atom is -0.378 e. The Labute approximate surface area is 131 Å². The van der Waals surface area contributed by atoms with Gasteiger partial charge in [0, 0.05) is 17.3 Å². The van der Waals surface area contributed by atoms with E-state index in [9.17, 15) is 4.39 Å². The van der Waals surface area contributed by atoms with Crippen molar-refractivity contribution in [2.45, 2.75) is 6.54 Å². The zero-order valence-electron chi connectivity index (χ0n) is 12.2. The quantitative estimate of drug-likeness (QED) is 0.538. The van der Waals surface area contributed by atoms with Crippen molar-refractivity contribution < 1.29 is 4.39 Å². The molecule has 0 saturated heterocycles. The number of H-pyrrole nitrogens is 2. The van der Waals surface area contributed by atoms with Gasteiger partial charge in [-0.1, -0.05) is 0 Å². The van der Waals surface area contributed by atoms with Gasteiger partial charge in [-0.2, -0.15) is 5.10 Å². The van der Waals surface area contributed by atoms with E-state index in [1.165, 1.54) is 12.1 Å². The first-order chi connectivity index (χ1) is 11.3. The molecule has 3 heterocycles. The van der Waals surface area contributed by atoms with Gasteiger partial charge < -0.3 is 10.3 Å². The van der Waals surface area contributed by atoms with Gasteiger partial charge in [0.25, 0.3) is 0 Å². The summed E-state index contributed by atoms with van der Waals surface area (Å²) < 4.78 is 13.0. The number of aromatic nitrogens is 4. The second-order valence-electron chi connectivity index (χ2n) is 5.29. The van der Waals surface area contributed by atoms with Crippen molar-refractivity contribution in [3.63, 3.8) is 0 Å². The van der Waals surface area contributed by atoms with Crippen LogP contribution >= 0.6 is 0 Å². The number of benzene rings is 1. The lowest BCUT2D eigenvalue weighted by Gasteiger charge is -2.03. The van der Waals surface area contributed by atoms with Crippen molar-refractivity contribution in [2.24, 2.45) is 0 Å². The molecule has 0 spiro atoms. The molecule has 3 N–H and O–H groups in total. The van der Waals surface area contributed by atoms with E-state index in [2.05, 4.69) is 25.5 Å². The minimum atomic E-state index is -0.242. The van der Waals surface area contributed by atoms with Crippen LogP contribution in [0.3, 0.4) is 0 Å². The summed E-state index contributed by atoms with van der Waals surface area (Å²) >= 11 is 0. The van der Waals surface area contributed by atoms with E-state index in [0.717, 1.165) is 33.7 Å². The second kappa shape index (κ2) is 5.57. The second-order valence-corrected chi connectivity index (χ2v) is 5.29. The van der Waals surface area contributed by atoms with Gasteiger partial charge in [-0.25, -0.2) is 9.37 Å². The molecule has 3 aromatic heterocycles. The Morgan fingerprint density at radius 2 is 1.96 bits per heavy atom. The zero-order valence-corrected chi connectivity index (χ0v) is 12.2. The Bertz CT molecular complexity index is 925. The maximum absolute atomic E-state index is 13.0. The molecule has 0 radical (unpaired) electrons. The number of anilines is 1. The third-order valence-electron chi connectivity index (χ3n) is 3.67. The fourth-order valence-corrected chi connectivity index (χ4v) is 2.48. The first kappa shape index (κ1) is 13.5. The van der Waals surface area contributed by atoms with Crippen molar-refractivity contribution in [3.8, 4) is 11.3 Å². The summed E-state index contributed by atoms with van der Waals surface area (Å²) in [6.45, 7) is 0.655. The predicted molar refractivity (Wildman–Crippen MR) is 87.4 cm³/mol. The summed E-state index contributed by atoms with van der Waals surface area (Å²) in [7, 11) is 0. The number of hydrogen-bond donors (Lipinski definition) is 3. The molecular formula is C17H14FN5. The molecule has 0 aliphatic carbocycles. The summed E-state index contributed by atoms with van der Waals surface area (Å²) in [4.78, 5) is 7.68. The smallest absolute Gasteiger partial charge is 0.137 e. The SMILES string of the molecule is Fc1ccc(-c2cc3cc(NCc4ccn[nH]4)cnc3[nH]2)cc1. The molecule has 0 amide bonds. The van der Waals surface area contributed by atoms with Crippen molar-refractivity contribution >= 4 is 16.7 Å². The fraction of sp³-hybridized carbons (Fsp3) is 0.0588. The van der Waals surface area contributed by atoms with Crippen molar-refractivity contribution in [2.75, 3.05) is 5.32 Å². The number of hydrogen-bond acceptors (Lipinski definition) is 3. The number of aromatic amines is 2. The summed E-state index contributed by atoms with van der Waals surface area (Å²) in [5.74, 6) is -0.242. The fourth-order valence-electron chi connectivity index (χ4n) is 2.48. The van der Waals surface area contributed by atoms with Crippen LogP contribution in [0.4, 0.5) is 10.1 Å². The van der Waals surface area contributed by atoms with Crippen LogP contribution in [0.5, 0.6) is 0 Å². The van der Waals surface area contributed by atoms with E-state index in [1.807, 2.05) is 18.2 Å². The summed E-state index contributed by atoms with van der Waals surface area (Å²) in [6.07, 6.45) is 3.50. The first-order valence-corrected chi connectivity index (χ1v) is 7.25. The normalized spacial score (nSPS) is 11.0. The molecule has 1 aromatic carbocycles. The van der Waals surface area contributed by atoms with Crippen LogP contribution in [0.2, 0.25) is 0 Å². The number of rotatable bonds is 4. The van der Waals surface area contributed by atoms with Crippen LogP contribution in [0.15, 0.2) is 54.9 Å². The van der Waals surface area contributed by atoms with Crippen molar-refractivity contribution in [1.29, 1.82) is 0 Å². The average Bonchev–Trinajstić information content (AvgIpc) is 3.22. The molecule has 6 heteroatoms. The van der Waals surface area contributed by atoms with Crippen LogP contribution in [-0.2, 0) is 6.54 Å². The van der Waals surface area contributed by atoms with Crippen molar-refractivity contribution in [3.05, 3.63) is 66.4 Å². The van der Waals surface area contributed by atoms with Gasteiger partial charge in [0.15, 0.2) is 0 Å². The van der Waals surface area contributed by atoms with Crippen LogP contribution in [0.1, 0.15) is 5.69 Å². The summed E-state index contributed by atoms with van der Waals surface area (Å²) in [5, 5.41) is 11.1. The maximum Gasteiger partial charge on any atom is 0.137 e. The highest BCUT2D eigenvalue weighted by atomic mass is 19.1. The average molecular weight is 307 g/mol. The molecule has 114 valence electrons. The Kier molecular flexibility index (Phi) is 3.27. The summed E-state index contributed by atoms with van der Waals surface area (Å²) in [5.41, 5.74) is 4.58. The number of halogens is 1. The standard InChI is InChI=1S/C17H14FN5/c18-13-3-1-11(2-4-13)16-8-12-7-15(10-20-17(12)22-16)19-9-14-5-6-21-23-14/h1-8,10,19H,9H2,(H,20,22)(H,21,23). The van der Waals surface area contributed by atoms with Crippen molar-refractivity contribution in [1.82, 2.24) is 20.2 Å². The molecule has 0 atom stereocenters. The monoisotopic (exact) mass is 307 g/mol. The van der Waals surface area contributed by atoms with E-state index in [0.29, 0.717) is 6.54 Å². The van der Waals surface area contributed by atoms with E-state index in [4.69, 9.17) is 0 Å². The first-order valence-electron chi connectivity index (χ1n) is 7.25. The Hall–Kier alpha value is -3.15. The van der Waals surface area contributed by atoms with Gasteiger partial charge in [-0.3, -0.25) is 5.10 Å². The minimum absolute atomic E-state index is 0.242. The molecule has 4 rings (SSSR count). The molecule has 0 fully saturated rings. The lowest BCUT2D eigenvalue weighted by molar-refractivity contribution is 0.628. The lowest BCUT2D eigenvalue weighted by Crippen LogP contribution is -2.00. The molecule has 0 saturated carbocycles. The summed E-state index contributed by atoms with van der Waals surface area (Å²) in [6, 6.07) is 12.4. The topological polar surface area (TPSA) is 69.4 Å². The lowest BCUT2D eigenvalue weighted by atomic mass is 10.1. The third-order valence-corrected chi connectivity index (χ3v) is 3.67. The number of fused-ring (bicyclic) bond motifs is 1. The maximum atomic E-state index is 13.0. The highest BCUT2D eigenvalue weighted by molar-refractivity contribution is 5.85. The van der Waals surface area contributed by atoms with Crippen LogP contribution in [0.25, 0.3) is 22.3 Å². The van der Waals surface area contributed by atoms with Gasteiger partial charge in [-0.15, -0.1) is 0 Å². The molecule has 0 unspecified atom stereocenters. The number of nitrogens with zero attached hydrogens (tertiary/aromatic N) is 2. The van der Waals surface area contributed by atoms with E-state index in [-0.39, 0.29) is 5.82 Å². The van der Waals surface area contributed by atoms with E-state index < -0.39 is 0 Å². The highest BCUT2D eigenvalue weighted by Gasteiger charge is 2.06. The van der Waals surface area contributed by atoms with Gasteiger partial charge in [0.2, 0.25) is 0 Å².